The van der Waals surface area contributed by atoms with Crippen LogP contribution in [0.3, 0.4) is 0 Å². The van der Waals surface area contributed by atoms with E-state index in [-0.39, 0.29) is 5.28 Å². The summed E-state index contributed by atoms with van der Waals surface area (Å²) < 4.78 is 6.21. The van der Waals surface area contributed by atoms with Crippen molar-refractivity contribution in [3.05, 3.63) is 127 Å². The van der Waals surface area contributed by atoms with Gasteiger partial charge in [-0.2, -0.15) is 9.97 Å². The highest BCUT2D eigenvalue weighted by atomic mass is 35.5. The average molecular weight is 534 g/mol. The molecule has 0 saturated carbocycles. The van der Waals surface area contributed by atoms with Crippen LogP contribution in [0.15, 0.2) is 126 Å². The van der Waals surface area contributed by atoms with Crippen molar-refractivity contribution in [2.24, 2.45) is 0 Å². The van der Waals surface area contributed by atoms with Crippen molar-refractivity contribution >= 4 is 55.1 Å². The molecular weight excluding hydrogens is 514 g/mol. The van der Waals surface area contributed by atoms with E-state index in [0.29, 0.717) is 11.6 Å². The molecule has 0 aliphatic carbocycles. The van der Waals surface area contributed by atoms with Gasteiger partial charge in [0.25, 0.3) is 0 Å². The Bertz CT molecular complexity index is 2240. The fourth-order valence-corrected chi connectivity index (χ4v) is 5.61. The van der Waals surface area contributed by atoms with Crippen molar-refractivity contribution in [3.8, 4) is 33.9 Å². The van der Waals surface area contributed by atoms with Crippen molar-refractivity contribution < 1.29 is 4.42 Å². The molecular formula is C35H20ClN3O. The van der Waals surface area contributed by atoms with Gasteiger partial charge in [-0.25, -0.2) is 4.98 Å². The quantitative estimate of drug-likeness (QED) is 0.227. The van der Waals surface area contributed by atoms with Gasteiger partial charge >= 0.3 is 0 Å². The monoisotopic (exact) mass is 533 g/mol. The van der Waals surface area contributed by atoms with Crippen molar-refractivity contribution in [2.45, 2.75) is 0 Å². The molecule has 0 fully saturated rings. The zero-order valence-corrected chi connectivity index (χ0v) is 21.9. The summed E-state index contributed by atoms with van der Waals surface area (Å²) in [5, 5.41) is 6.72. The van der Waals surface area contributed by atoms with Gasteiger partial charge in [-0.05, 0) is 75.3 Å². The van der Waals surface area contributed by atoms with E-state index in [1.54, 1.807) is 0 Å². The highest BCUT2D eigenvalue weighted by molar-refractivity contribution is 6.28. The van der Waals surface area contributed by atoms with E-state index >= 15 is 0 Å². The molecule has 0 spiro atoms. The Morgan fingerprint density at radius 3 is 1.85 bits per heavy atom. The summed E-state index contributed by atoms with van der Waals surface area (Å²) >= 11 is 6.42. The minimum atomic E-state index is 0.160. The number of hydrogen-bond acceptors (Lipinski definition) is 4. The smallest absolute Gasteiger partial charge is 0.226 e. The molecule has 0 N–H and O–H groups in total. The zero-order valence-electron chi connectivity index (χ0n) is 21.2. The van der Waals surface area contributed by atoms with Gasteiger partial charge in [-0.15, -0.1) is 0 Å². The molecule has 0 aliphatic heterocycles. The molecule has 0 unspecified atom stereocenters. The second-order valence-corrected chi connectivity index (χ2v) is 10.2. The van der Waals surface area contributed by atoms with Crippen LogP contribution in [0, 0.1) is 0 Å². The van der Waals surface area contributed by atoms with Gasteiger partial charge in [-0.1, -0.05) is 84.9 Å². The molecule has 4 nitrogen and oxygen atoms in total. The summed E-state index contributed by atoms with van der Waals surface area (Å²) in [6.45, 7) is 0. The molecule has 8 aromatic rings. The maximum Gasteiger partial charge on any atom is 0.226 e. The van der Waals surface area contributed by atoms with Crippen molar-refractivity contribution in [3.63, 3.8) is 0 Å². The lowest BCUT2D eigenvalue weighted by molar-refractivity contribution is 0.672. The lowest BCUT2D eigenvalue weighted by Crippen LogP contribution is -1.97. The third-order valence-corrected chi connectivity index (χ3v) is 7.60. The van der Waals surface area contributed by atoms with E-state index in [9.17, 15) is 0 Å². The van der Waals surface area contributed by atoms with E-state index in [1.807, 2.05) is 36.4 Å². The highest BCUT2D eigenvalue weighted by Gasteiger charge is 2.14. The summed E-state index contributed by atoms with van der Waals surface area (Å²) in [5.41, 5.74) is 5.89. The van der Waals surface area contributed by atoms with E-state index in [0.717, 1.165) is 54.6 Å². The number of benzene rings is 6. The molecule has 0 radical (unpaired) electrons. The number of furan rings is 1. The molecule has 8 rings (SSSR count). The molecule has 0 bridgehead atoms. The van der Waals surface area contributed by atoms with E-state index < -0.39 is 0 Å². The van der Waals surface area contributed by atoms with Crippen LogP contribution in [0.1, 0.15) is 0 Å². The highest BCUT2D eigenvalue weighted by Crippen LogP contribution is 2.35. The summed E-state index contributed by atoms with van der Waals surface area (Å²) in [7, 11) is 0. The Labute approximate surface area is 234 Å². The van der Waals surface area contributed by atoms with Crippen LogP contribution in [0.25, 0.3) is 77.4 Å². The second kappa shape index (κ2) is 9.01. The van der Waals surface area contributed by atoms with Gasteiger partial charge in [0, 0.05) is 27.3 Å². The van der Waals surface area contributed by atoms with Crippen molar-refractivity contribution in [2.75, 3.05) is 0 Å². The number of hydrogen-bond donors (Lipinski definition) is 0. The van der Waals surface area contributed by atoms with Crippen LogP contribution in [0.2, 0.25) is 5.28 Å². The number of rotatable bonds is 3. The van der Waals surface area contributed by atoms with Gasteiger partial charge < -0.3 is 4.42 Å². The standard InChI is InChI=1S/C35H20ClN3O/c36-35-38-33(26-13-12-23-18-22(10-11-24(23)19-26)21-6-2-1-3-7-21)37-34(39-35)27-15-16-28-25(20-27)14-17-30-29-8-4-5-9-31(29)40-32(28)30/h1-20H. The Hall–Kier alpha value is -5.06. The van der Waals surface area contributed by atoms with Crippen molar-refractivity contribution in [1.29, 1.82) is 0 Å². The van der Waals surface area contributed by atoms with Gasteiger partial charge in [-0.3, -0.25) is 0 Å². The normalized spacial score (nSPS) is 11.6. The Kier molecular flexibility index (Phi) is 5.15. The first-order valence-corrected chi connectivity index (χ1v) is 13.4. The molecule has 2 heterocycles. The van der Waals surface area contributed by atoms with Crippen LogP contribution < -0.4 is 0 Å². The molecule has 188 valence electrons. The molecule has 0 aliphatic rings. The summed E-state index contributed by atoms with van der Waals surface area (Å²) in [5.74, 6) is 1.07. The number of fused-ring (bicyclic) bond motifs is 6. The largest absolute Gasteiger partial charge is 0.455 e. The van der Waals surface area contributed by atoms with Crippen LogP contribution >= 0.6 is 11.6 Å². The Morgan fingerprint density at radius 1 is 0.450 bits per heavy atom. The van der Waals surface area contributed by atoms with Gasteiger partial charge in [0.05, 0.1) is 0 Å². The molecule has 2 aromatic heterocycles. The number of para-hydroxylation sites is 1. The number of halogens is 1. The topological polar surface area (TPSA) is 51.8 Å². The molecule has 40 heavy (non-hydrogen) atoms. The van der Waals surface area contributed by atoms with E-state index in [2.05, 4.69) is 94.9 Å². The SMILES string of the molecule is Clc1nc(-c2ccc3cc(-c4ccccc4)ccc3c2)nc(-c2ccc3c(ccc4c5ccccc5oc34)c2)n1. The van der Waals surface area contributed by atoms with Crippen LogP contribution in [0.5, 0.6) is 0 Å². The molecule has 0 saturated heterocycles. The van der Waals surface area contributed by atoms with Crippen LogP contribution in [-0.2, 0) is 0 Å². The van der Waals surface area contributed by atoms with E-state index in [4.69, 9.17) is 21.0 Å². The van der Waals surface area contributed by atoms with Gasteiger partial charge in [0.2, 0.25) is 5.28 Å². The van der Waals surface area contributed by atoms with Crippen LogP contribution in [0.4, 0.5) is 0 Å². The first kappa shape index (κ1) is 22.9. The third-order valence-electron chi connectivity index (χ3n) is 7.43. The molecule has 0 amide bonds. The Balaban J connectivity index is 1.19. The van der Waals surface area contributed by atoms with Crippen LogP contribution in [-0.4, -0.2) is 15.0 Å². The summed E-state index contributed by atoms with van der Waals surface area (Å²) in [6, 6.07) is 41.6. The number of aromatic nitrogens is 3. The van der Waals surface area contributed by atoms with Crippen molar-refractivity contribution in [1.82, 2.24) is 15.0 Å². The van der Waals surface area contributed by atoms with Gasteiger partial charge in [0.1, 0.15) is 11.2 Å². The average Bonchev–Trinajstić information content (AvgIpc) is 3.39. The number of nitrogens with zero attached hydrogens (tertiary/aromatic N) is 3. The minimum Gasteiger partial charge on any atom is -0.455 e. The predicted molar refractivity (Wildman–Crippen MR) is 163 cm³/mol. The molecule has 6 aromatic carbocycles. The first-order valence-electron chi connectivity index (χ1n) is 13.1. The lowest BCUT2D eigenvalue weighted by Gasteiger charge is -2.08. The fraction of sp³-hybridized carbons (Fsp3) is 0. The maximum atomic E-state index is 6.42. The van der Waals surface area contributed by atoms with E-state index in [1.165, 1.54) is 11.1 Å². The van der Waals surface area contributed by atoms with Gasteiger partial charge in [0.15, 0.2) is 11.6 Å². The molecule has 0 atom stereocenters. The predicted octanol–water partition coefficient (Wildman–Crippen LogP) is 9.73. The fourth-order valence-electron chi connectivity index (χ4n) is 5.45. The summed E-state index contributed by atoms with van der Waals surface area (Å²) in [6.07, 6.45) is 0. The second-order valence-electron chi connectivity index (χ2n) is 9.87. The molecule has 5 heteroatoms. The summed E-state index contributed by atoms with van der Waals surface area (Å²) in [4.78, 5) is 13.7. The lowest BCUT2D eigenvalue weighted by atomic mass is 10.00. The zero-order chi connectivity index (χ0) is 26.6. The minimum absolute atomic E-state index is 0.160. The maximum absolute atomic E-state index is 6.42. The first-order chi connectivity index (χ1) is 19.7. The Morgan fingerprint density at radius 2 is 1.05 bits per heavy atom. The third kappa shape index (κ3) is 3.81.